The Bertz CT molecular complexity index is 1550. The quantitative estimate of drug-likeness (QED) is 0.317. The maximum Gasteiger partial charge on any atom is 0.354 e. The molecule has 2 saturated heterocycles. The van der Waals surface area contributed by atoms with Gasteiger partial charge in [-0.25, -0.2) is 19.6 Å². The van der Waals surface area contributed by atoms with Gasteiger partial charge in [0.25, 0.3) is 0 Å². The van der Waals surface area contributed by atoms with Gasteiger partial charge in [0, 0.05) is 45.0 Å². The molecule has 2 aliphatic rings. The topological polar surface area (TPSA) is 123 Å². The number of rotatable bonds is 9. The van der Waals surface area contributed by atoms with Gasteiger partial charge in [-0.15, -0.1) is 0 Å². The molecular formula is C28H28N8O4. The molecule has 204 valence electrons. The van der Waals surface area contributed by atoms with Gasteiger partial charge in [0.15, 0.2) is 11.3 Å². The van der Waals surface area contributed by atoms with E-state index in [4.69, 9.17) is 26.0 Å². The van der Waals surface area contributed by atoms with Gasteiger partial charge >= 0.3 is 5.97 Å². The van der Waals surface area contributed by atoms with E-state index < -0.39 is 5.97 Å². The van der Waals surface area contributed by atoms with Gasteiger partial charge < -0.3 is 24.0 Å². The number of aromatic carboxylic acids is 1. The summed E-state index contributed by atoms with van der Waals surface area (Å²) in [5, 5.41) is 9.42. The van der Waals surface area contributed by atoms with Crippen molar-refractivity contribution in [1.29, 1.82) is 0 Å². The number of hydrogen-bond acceptors (Lipinski definition) is 9. The van der Waals surface area contributed by atoms with Crippen LogP contribution in [0.15, 0.2) is 48.7 Å². The number of hydrogen-bond donors (Lipinski definition) is 1. The predicted octanol–water partition coefficient (Wildman–Crippen LogP) is 3.16. The largest absolute Gasteiger partial charge is 0.477 e. The van der Waals surface area contributed by atoms with Crippen LogP contribution in [0.2, 0.25) is 0 Å². The first-order valence-electron chi connectivity index (χ1n) is 13.2. The zero-order chi connectivity index (χ0) is 27.5. The minimum Gasteiger partial charge on any atom is -0.477 e. The van der Waals surface area contributed by atoms with E-state index in [1.165, 1.54) is 12.3 Å². The number of anilines is 1. The van der Waals surface area contributed by atoms with Crippen LogP contribution in [0.25, 0.3) is 16.0 Å². The molecule has 0 aliphatic carbocycles. The maximum atomic E-state index is 11.5. The van der Waals surface area contributed by atoms with Crippen molar-refractivity contribution in [2.75, 3.05) is 37.7 Å². The first-order chi connectivity index (χ1) is 19.6. The molecule has 4 aromatic rings. The highest BCUT2D eigenvalue weighted by Gasteiger charge is 2.25. The zero-order valence-electron chi connectivity index (χ0n) is 21.8. The molecule has 2 fully saturated rings. The summed E-state index contributed by atoms with van der Waals surface area (Å²) >= 11 is 0. The fraction of sp³-hybridized carbons (Fsp3) is 0.357. The molecule has 4 aromatic heterocycles. The Kier molecular flexibility index (Phi) is 7.22. The number of fused-ring (bicyclic) bond motifs is 1. The molecule has 2 aliphatic heterocycles. The third-order valence-corrected chi connectivity index (χ3v) is 7.15. The Morgan fingerprint density at radius 3 is 2.65 bits per heavy atom. The van der Waals surface area contributed by atoms with Gasteiger partial charge in [0.1, 0.15) is 23.8 Å². The Hall–Kier alpha value is -4.60. The van der Waals surface area contributed by atoms with E-state index in [0.717, 1.165) is 56.5 Å². The predicted molar refractivity (Wildman–Crippen MR) is 145 cm³/mol. The van der Waals surface area contributed by atoms with Crippen molar-refractivity contribution < 1.29 is 19.4 Å². The molecule has 12 heteroatoms. The first-order valence-corrected chi connectivity index (χ1v) is 13.2. The molecule has 0 bridgehead atoms. The van der Waals surface area contributed by atoms with Gasteiger partial charge in [0.2, 0.25) is 11.6 Å². The summed E-state index contributed by atoms with van der Waals surface area (Å²) in [6, 6.07) is 12.5. The lowest BCUT2D eigenvalue weighted by Gasteiger charge is -2.35. The number of carboxylic acid groups (broad SMARTS) is 1. The summed E-state index contributed by atoms with van der Waals surface area (Å²) in [7, 11) is 0. The van der Waals surface area contributed by atoms with E-state index in [1.807, 2.05) is 22.8 Å². The summed E-state index contributed by atoms with van der Waals surface area (Å²) in [5.41, 5.74) is 2.52. The molecule has 0 aromatic carbocycles. The fourth-order valence-corrected chi connectivity index (χ4v) is 4.82. The average Bonchev–Trinajstić information content (AvgIpc) is 3.30. The summed E-state index contributed by atoms with van der Waals surface area (Å²) in [4.78, 5) is 37.6. The van der Waals surface area contributed by atoms with E-state index in [9.17, 15) is 9.90 Å². The van der Waals surface area contributed by atoms with Gasteiger partial charge in [0.05, 0.1) is 31.5 Å². The van der Waals surface area contributed by atoms with Crippen molar-refractivity contribution in [2.45, 2.75) is 32.2 Å². The van der Waals surface area contributed by atoms with Gasteiger partial charge in [-0.1, -0.05) is 12.1 Å². The van der Waals surface area contributed by atoms with Crippen LogP contribution in [-0.4, -0.2) is 79.4 Å². The second-order valence-electron chi connectivity index (χ2n) is 9.77. The number of piperazine rings is 1. The summed E-state index contributed by atoms with van der Waals surface area (Å²) in [6.45, 7) is 12.5. The standard InChI is InChI=1S/C28H28N8O4/c1-29-19-5-6-20(30-15-19)18-40-26-4-2-3-24(33-26)35-12-10-34(11-13-35)17-25-31-22-7-8-23(28(37)38)32-27(22)36(25)16-21-9-14-39-21/h2-8,15,21H,9-14,16-18H2,(H,37,38)/t21-/m0/s1. The second-order valence-corrected chi connectivity index (χ2v) is 9.77. The fourth-order valence-electron chi connectivity index (χ4n) is 4.82. The smallest absolute Gasteiger partial charge is 0.354 e. The lowest BCUT2D eigenvalue weighted by Crippen LogP contribution is -2.46. The van der Waals surface area contributed by atoms with Crippen molar-refractivity contribution in [3.63, 3.8) is 0 Å². The molecule has 6 rings (SSSR count). The van der Waals surface area contributed by atoms with Crippen LogP contribution in [-0.2, 0) is 24.4 Å². The molecule has 1 N–H and O–H groups in total. The van der Waals surface area contributed by atoms with Crippen LogP contribution in [0.1, 0.15) is 28.4 Å². The van der Waals surface area contributed by atoms with Gasteiger partial charge in [-0.2, -0.15) is 4.98 Å². The van der Waals surface area contributed by atoms with E-state index in [0.29, 0.717) is 35.8 Å². The summed E-state index contributed by atoms with van der Waals surface area (Å²) in [6.07, 6.45) is 2.60. The number of aromatic nitrogens is 5. The third-order valence-electron chi connectivity index (χ3n) is 7.15. The normalized spacial score (nSPS) is 17.4. The van der Waals surface area contributed by atoms with Crippen molar-refractivity contribution in [3.05, 3.63) is 77.3 Å². The number of nitrogens with zero attached hydrogens (tertiary/aromatic N) is 8. The van der Waals surface area contributed by atoms with Gasteiger partial charge in [-0.05, 0) is 30.7 Å². The van der Waals surface area contributed by atoms with Crippen LogP contribution < -0.4 is 9.64 Å². The maximum absolute atomic E-state index is 11.5. The molecule has 12 nitrogen and oxygen atoms in total. The number of ether oxygens (including phenoxy) is 2. The third kappa shape index (κ3) is 5.56. The van der Waals surface area contributed by atoms with Crippen LogP contribution in [0.4, 0.5) is 11.5 Å². The van der Waals surface area contributed by atoms with Crippen LogP contribution in [0.3, 0.4) is 0 Å². The highest BCUT2D eigenvalue weighted by molar-refractivity contribution is 5.88. The summed E-state index contributed by atoms with van der Waals surface area (Å²) in [5.74, 6) is 1.19. The molecule has 0 unspecified atom stereocenters. The van der Waals surface area contributed by atoms with Crippen molar-refractivity contribution in [3.8, 4) is 5.88 Å². The molecule has 0 spiro atoms. The number of imidazole rings is 1. The monoisotopic (exact) mass is 540 g/mol. The zero-order valence-corrected chi connectivity index (χ0v) is 21.8. The first kappa shape index (κ1) is 25.7. The molecule has 6 heterocycles. The van der Waals surface area contributed by atoms with Crippen LogP contribution >= 0.6 is 0 Å². The van der Waals surface area contributed by atoms with Crippen molar-refractivity contribution in [1.82, 2.24) is 29.4 Å². The van der Waals surface area contributed by atoms with Crippen molar-refractivity contribution in [2.24, 2.45) is 0 Å². The number of carbonyl (C=O) groups is 1. The van der Waals surface area contributed by atoms with Crippen molar-refractivity contribution >= 4 is 28.6 Å². The number of carboxylic acids is 1. The lowest BCUT2D eigenvalue weighted by atomic mass is 10.2. The molecule has 0 amide bonds. The Morgan fingerprint density at radius 1 is 1.10 bits per heavy atom. The Morgan fingerprint density at radius 2 is 1.95 bits per heavy atom. The van der Waals surface area contributed by atoms with E-state index in [1.54, 1.807) is 18.2 Å². The molecule has 0 saturated carbocycles. The Labute approximate surface area is 230 Å². The summed E-state index contributed by atoms with van der Waals surface area (Å²) < 4.78 is 13.5. The van der Waals surface area contributed by atoms with E-state index in [-0.39, 0.29) is 18.4 Å². The number of pyridine rings is 3. The lowest BCUT2D eigenvalue weighted by molar-refractivity contribution is -0.0592. The van der Waals surface area contributed by atoms with Crippen LogP contribution in [0, 0.1) is 6.57 Å². The van der Waals surface area contributed by atoms with Gasteiger partial charge in [-0.3, -0.25) is 9.88 Å². The molecular weight excluding hydrogens is 512 g/mol. The highest BCUT2D eigenvalue weighted by atomic mass is 16.5. The minimum absolute atomic E-state index is 0.0105. The molecule has 40 heavy (non-hydrogen) atoms. The second kappa shape index (κ2) is 11.3. The van der Waals surface area contributed by atoms with E-state index >= 15 is 0 Å². The van der Waals surface area contributed by atoms with E-state index in [2.05, 4.69) is 24.6 Å². The Balaban J connectivity index is 1.10. The highest BCUT2D eigenvalue weighted by Crippen LogP contribution is 2.23. The molecule has 1 atom stereocenters. The minimum atomic E-state index is -1.05. The average molecular weight is 541 g/mol. The SMILES string of the molecule is [C-]#[N+]c1ccc(COc2cccc(N3CCN(Cc4nc5ccc(C(=O)O)nc5n4C[C@@H]4CCO4)CC3)n2)nc1. The van der Waals surface area contributed by atoms with Crippen LogP contribution in [0.5, 0.6) is 5.88 Å². The molecule has 0 radical (unpaired) electrons.